The van der Waals surface area contributed by atoms with Crippen molar-refractivity contribution >= 4 is 11.6 Å². The average molecular weight is 262 g/mol. The van der Waals surface area contributed by atoms with Crippen molar-refractivity contribution in [3.05, 3.63) is 29.8 Å². The molecule has 0 aromatic heterocycles. The van der Waals surface area contributed by atoms with Crippen LogP contribution in [0.5, 0.6) is 0 Å². The number of para-hydroxylation sites is 1. The number of nitrogens with zero attached hydrogens (tertiary/aromatic N) is 1. The van der Waals surface area contributed by atoms with Crippen molar-refractivity contribution in [1.82, 2.24) is 4.90 Å². The van der Waals surface area contributed by atoms with Gasteiger partial charge in [0.15, 0.2) is 0 Å². The van der Waals surface area contributed by atoms with Crippen molar-refractivity contribution in [2.24, 2.45) is 0 Å². The number of carbonyl (C=O) groups excluding carboxylic acids is 1. The summed E-state index contributed by atoms with van der Waals surface area (Å²) in [7, 11) is 3.55. The summed E-state index contributed by atoms with van der Waals surface area (Å²) in [6, 6.07) is 8.23. The maximum Gasteiger partial charge on any atom is 0.222 e. The number of hydrogen-bond donors (Lipinski definition) is 1. The maximum atomic E-state index is 12.2. The van der Waals surface area contributed by atoms with Gasteiger partial charge in [-0.15, -0.1) is 0 Å². The molecule has 0 bridgehead atoms. The molecule has 1 aromatic carbocycles. The van der Waals surface area contributed by atoms with Gasteiger partial charge in [-0.25, -0.2) is 0 Å². The van der Waals surface area contributed by atoms with Gasteiger partial charge in [0, 0.05) is 51.9 Å². The van der Waals surface area contributed by atoms with E-state index in [-0.39, 0.29) is 5.91 Å². The SMILES string of the molecule is COCCCN(C)C(=O)CC1CNc2ccccc21. The Morgan fingerprint density at radius 2 is 2.26 bits per heavy atom. The molecule has 4 heteroatoms. The first kappa shape index (κ1) is 13.9. The summed E-state index contributed by atoms with van der Waals surface area (Å²) in [5.41, 5.74) is 2.43. The lowest BCUT2D eigenvalue weighted by Crippen LogP contribution is -2.29. The number of rotatable bonds is 6. The minimum Gasteiger partial charge on any atom is -0.385 e. The molecule has 1 amide bonds. The minimum absolute atomic E-state index is 0.208. The zero-order chi connectivity index (χ0) is 13.7. The van der Waals surface area contributed by atoms with Gasteiger partial charge in [0.1, 0.15) is 0 Å². The summed E-state index contributed by atoms with van der Waals surface area (Å²) >= 11 is 0. The van der Waals surface area contributed by atoms with E-state index < -0.39 is 0 Å². The van der Waals surface area contributed by atoms with Crippen molar-refractivity contribution in [3.63, 3.8) is 0 Å². The molecule has 1 N–H and O–H groups in total. The monoisotopic (exact) mass is 262 g/mol. The molecule has 0 fully saturated rings. The van der Waals surface area contributed by atoms with Gasteiger partial charge in [-0.2, -0.15) is 0 Å². The fourth-order valence-corrected chi connectivity index (χ4v) is 2.48. The highest BCUT2D eigenvalue weighted by Gasteiger charge is 2.25. The molecule has 19 heavy (non-hydrogen) atoms. The summed E-state index contributed by atoms with van der Waals surface area (Å²) < 4.78 is 5.00. The second-order valence-corrected chi connectivity index (χ2v) is 5.03. The largest absolute Gasteiger partial charge is 0.385 e. The molecule has 1 atom stereocenters. The number of fused-ring (bicyclic) bond motifs is 1. The van der Waals surface area contributed by atoms with E-state index in [1.165, 1.54) is 11.3 Å². The number of nitrogens with one attached hydrogen (secondary N) is 1. The van der Waals surface area contributed by atoms with Crippen molar-refractivity contribution in [3.8, 4) is 0 Å². The fraction of sp³-hybridized carbons (Fsp3) is 0.533. The van der Waals surface area contributed by atoms with Gasteiger partial charge in [-0.1, -0.05) is 18.2 Å². The van der Waals surface area contributed by atoms with E-state index in [0.717, 1.165) is 19.5 Å². The average Bonchev–Trinajstić information content (AvgIpc) is 2.82. The summed E-state index contributed by atoms with van der Waals surface area (Å²) in [6.07, 6.45) is 1.46. The lowest BCUT2D eigenvalue weighted by atomic mass is 9.97. The van der Waals surface area contributed by atoms with E-state index in [0.29, 0.717) is 18.9 Å². The Hall–Kier alpha value is -1.55. The van der Waals surface area contributed by atoms with Gasteiger partial charge >= 0.3 is 0 Å². The smallest absolute Gasteiger partial charge is 0.222 e. The summed E-state index contributed by atoms with van der Waals surface area (Å²) in [5, 5.41) is 3.36. The molecule has 1 aliphatic heterocycles. The second-order valence-electron chi connectivity index (χ2n) is 5.03. The Balaban J connectivity index is 1.86. The zero-order valence-electron chi connectivity index (χ0n) is 11.7. The van der Waals surface area contributed by atoms with Crippen LogP contribution in [0, 0.1) is 0 Å². The third kappa shape index (κ3) is 3.47. The van der Waals surface area contributed by atoms with E-state index in [1.54, 1.807) is 12.0 Å². The van der Waals surface area contributed by atoms with Crippen LogP contribution in [0.25, 0.3) is 0 Å². The lowest BCUT2D eigenvalue weighted by molar-refractivity contribution is -0.130. The fourth-order valence-electron chi connectivity index (χ4n) is 2.48. The highest BCUT2D eigenvalue weighted by molar-refractivity contribution is 5.78. The molecule has 0 aliphatic carbocycles. The molecule has 1 aromatic rings. The maximum absolute atomic E-state index is 12.2. The molecule has 0 radical (unpaired) electrons. The van der Waals surface area contributed by atoms with Crippen LogP contribution in [0.3, 0.4) is 0 Å². The Morgan fingerprint density at radius 3 is 3.05 bits per heavy atom. The standard InChI is InChI=1S/C15H22N2O2/c1-17(8-5-9-19-2)15(18)10-12-11-16-14-7-4-3-6-13(12)14/h3-4,6-7,12,16H,5,8-11H2,1-2H3. The topological polar surface area (TPSA) is 41.6 Å². The summed E-state index contributed by atoms with van der Waals surface area (Å²) in [6.45, 7) is 2.32. The van der Waals surface area contributed by atoms with Crippen LogP contribution >= 0.6 is 0 Å². The number of benzene rings is 1. The number of anilines is 1. The van der Waals surface area contributed by atoms with Gasteiger partial charge in [0.05, 0.1) is 0 Å². The normalized spacial score (nSPS) is 16.8. The highest BCUT2D eigenvalue weighted by Crippen LogP contribution is 2.33. The lowest BCUT2D eigenvalue weighted by Gasteiger charge is -2.19. The molecular weight excluding hydrogens is 240 g/mol. The highest BCUT2D eigenvalue weighted by atomic mass is 16.5. The molecule has 0 saturated carbocycles. The van der Waals surface area contributed by atoms with Gasteiger partial charge in [-0.3, -0.25) is 4.79 Å². The molecule has 4 nitrogen and oxygen atoms in total. The van der Waals surface area contributed by atoms with Crippen LogP contribution in [0.4, 0.5) is 5.69 Å². The van der Waals surface area contributed by atoms with Crippen molar-refractivity contribution in [2.75, 3.05) is 39.2 Å². The van der Waals surface area contributed by atoms with Gasteiger partial charge in [-0.05, 0) is 18.1 Å². The number of methoxy groups -OCH3 is 1. The first-order chi connectivity index (χ1) is 9.22. The van der Waals surface area contributed by atoms with Crippen LogP contribution in [0.2, 0.25) is 0 Å². The predicted octanol–water partition coefficient (Wildman–Crippen LogP) is 2.08. The Morgan fingerprint density at radius 1 is 1.47 bits per heavy atom. The van der Waals surface area contributed by atoms with Crippen LogP contribution < -0.4 is 5.32 Å². The molecule has 2 rings (SSSR count). The van der Waals surface area contributed by atoms with Gasteiger partial charge < -0.3 is 15.0 Å². The zero-order valence-corrected chi connectivity index (χ0v) is 11.7. The Kier molecular flexibility index (Phi) is 4.80. The van der Waals surface area contributed by atoms with Crippen LogP contribution in [-0.4, -0.2) is 44.7 Å². The number of carbonyl (C=O) groups is 1. The number of ether oxygens (including phenoxy) is 1. The van der Waals surface area contributed by atoms with E-state index >= 15 is 0 Å². The molecule has 104 valence electrons. The summed E-state index contributed by atoms with van der Waals surface area (Å²) in [4.78, 5) is 14.0. The quantitative estimate of drug-likeness (QED) is 0.798. The summed E-state index contributed by atoms with van der Waals surface area (Å²) in [5.74, 6) is 0.508. The molecule has 1 aliphatic rings. The molecule has 0 saturated heterocycles. The number of amides is 1. The molecule has 1 unspecified atom stereocenters. The van der Waals surface area contributed by atoms with Crippen molar-refractivity contribution in [1.29, 1.82) is 0 Å². The first-order valence-corrected chi connectivity index (χ1v) is 6.78. The van der Waals surface area contributed by atoms with Crippen molar-refractivity contribution in [2.45, 2.75) is 18.8 Å². The van der Waals surface area contributed by atoms with Crippen LogP contribution in [0.15, 0.2) is 24.3 Å². The predicted molar refractivity (Wildman–Crippen MR) is 76.4 cm³/mol. The Labute approximate surface area is 114 Å². The molecule has 0 spiro atoms. The van der Waals surface area contributed by atoms with Crippen LogP contribution in [0.1, 0.15) is 24.3 Å². The van der Waals surface area contributed by atoms with Gasteiger partial charge in [0.2, 0.25) is 5.91 Å². The second kappa shape index (κ2) is 6.57. The van der Waals surface area contributed by atoms with Crippen LogP contribution in [-0.2, 0) is 9.53 Å². The van der Waals surface area contributed by atoms with E-state index in [4.69, 9.17) is 4.74 Å². The van der Waals surface area contributed by atoms with E-state index in [1.807, 2.05) is 19.2 Å². The van der Waals surface area contributed by atoms with Crippen molar-refractivity contribution < 1.29 is 9.53 Å². The first-order valence-electron chi connectivity index (χ1n) is 6.78. The molecule has 1 heterocycles. The van der Waals surface area contributed by atoms with E-state index in [2.05, 4.69) is 17.4 Å². The number of hydrogen-bond acceptors (Lipinski definition) is 3. The third-order valence-corrected chi connectivity index (χ3v) is 3.63. The minimum atomic E-state index is 0.208. The molecular formula is C15H22N2O2. The van der Waals surface area contributed by atoms with Gasteiger partial charge in [0.25, 0.3) is 0 Å². The van der Waals surface area contributed by atoms with E-state index in [9.17, 15) is 4.79 Å². The Bertz CT molecular complexity index is 434. The third-order valence-electron chi connectivity index (χ3n) is 3.63.